The smallest absolute Gasteiger partial charge is 0.0442 e. The summed E-state index contributed by atoms with van der Waals surface area (Å²) in [5.41, 5.74) is 3.05. The lowest BCUT2D eigenvalue weighted by Gasteiger charge is -2.13. The topological polar surface area (TPSA) is 0 Å². The van der Waals surface area contributed by atoms with Crippen molar-refractivity contribution in [1.82, 2.24) is 0 Å². The molecule has 2 aliphatic carbocycles. The molecule has 1 saturated carbocycles. The Hall–Kier alpha value is -0.490. The molecule has 2 aliphatic rings. The van der Waals surface area contributed by atoms with Gasteiger partial charge in [0, 0.05) is 11.3 Å². The monoisotopic (exact) mass is 178 g/mol. The van der Waals surface area contributed by atoms with Gasteiger partial charge in [0.05, 0.1) is 0 Å². The van der Waals surface area contributed by atoms with Crippen molar-refractivity contribution >= 4 is 11.6 Å². The molecule has 0 unspecified atom stereocenters. The van der Waals surface area contributed by atoms with Crippen LogP contribution in [0.3, 0.4) is 0 Å². The highest BCUT2D eigenvalue weighted by molar-refractivity contribution is 6.23. The van der Waals surface area contributed by atoms with Gasteiger partial charge in [0.15, 0.2) is 0 Å². The third-order valence-electron chi connectivity index (χ3n) is 3.23. The molecule has 0 radical (unpaired) electrons. The van der Waals surface area contributed by atoms with Crippen molar-refractivity contribution in [1.29, 1.82) is 0 Å². The van der Waals surface area contributed by atoms with E-state index in [1.165, 1.54) is 24.0 Å². The van der Waals surface area contributed by atoms with Crippen LogP contribution in [0.5, 0.6) is 0 Å². The van der Waals surface area contributed by atoms with Crippen LogP contribution in [0.25, 0.3) is 0 Å². The maximum Gasteiger partial charge on any atom is 0.0442 e. The van der Waals surface area contributed by atoms with E-state index in [1.807, 2.05) is 0 Å². The lowest BCUT2D eigenvalue weighted by Crippen LogP contribution is -2.00. The predicted molar refractivity (Wildman–Crippen MR) is 50.6 cm³/mol. The third kappa shape index (κ3) is 0.791. The second kappa shape index (κ2) is 2.26. The molecule has 62 valence electrons. The first-order valence-corrected chi connectivity index (χ1v) is 5.03. The minimum absolute atomic E-state index is 0.439. The van der Waals surface area contributed by atoms with Crippen LogP contribution in [0.1, 0.15) is 23.5 Å². The fourth-order valence-electron chi connectivity index (χ4n) is 2.48. The van der Waals surface area contributed by atoms with Gasteiger partial charge in [-0.15, -0.1) is 11.6 Å². The highest BCUT2D eigenvalue weighted by Gasteiger charge is 2.51. The van der Waals surface area contributed by atoms with Gasteiger partial charge in [-0.25, -0.2) is 0 Å². The number of aryl methyl sites for hydroxylation is 1. The van der Waals surface area contributed by atoms with Crippen molar-refractivity contribution < 1.29 is 0 Å². The van der Waals surface area contributed by atoms with Crippen LogP contribution < -0.4 is 0 Å². The molecule has 0 N–H and O–H groups in total. The lowest BCUT2D eigenvalue weighted by molar-refractivity contribution is 0.668. The van der Waals surface area contributed by atoms with Crippen LogP contribution in [0.2, 0.25) is 0 Å². The van der Waals surface area contributed by atoms with Crippen molar-refractivity contribution in [2.75, 3.05) is 0 Å². The van der Waals surface area contributed by atoms with Gasteiger partial charge >= 0.3 is 0 Å². The largest absolute Gasteiger partial charge is 0.122 e. The summed E-state index contributed by atoms with van der Waals surface area (Å²) in [7, 11) is 0. The van der Waals surface area contributed by atoms with Crippen molar-refractivity contribution in [2.24, 2.45) is 5.92 Å². The predicted octanol–water partition coefficient (Wildman–Crippen LogP) is 2.95. The van der Waals surface area contributed by atoms with E-state index in [-0.39, 0.29) is 0 Å². The summed E-state index contributed by atoms with van der Waals surface area (Å²) in [6.45, 7) is 0. The quantitative estimate of drug-likeness (QED) is 0.536. The molecule has 0 aromatic heterocycles. The number of fused-ring (bicyclic) bond motifs is 3. The molecule has 3 rings (SSSR count). The Morgan fingerprint density at radius 1 is 1.25 bits per heavy atom. The molecule has 1 aromatic carbocycles. The summed E-state index contributed by atoms with van der Waals surface area (Å²) in [6.07, 6.45) is 2.54. The third-order valence-corrected chi connectivity index (χ3v) is 3.83. The fraction of sp³-hybridized carbons (Fsp3) is 0.455. The molecule has 0 heterocycles. The zero-order valence-electron chi connectivity index (χ0n) is 6.83. The Kier molecular flexibility index (Phi) is 1.31. The molecule has 3 atom stereocenters. The first kappa shape index (κ1) is 6.97. The normalized spacial score (nSPS) is 36.9. The molecule has 1 fully saturated rings. The van der Waals surface area contributed by atoms with Crippen molar-refractivity contribution in [3.05, 3.63) is 35.4 Å². The highest BCUT2D eigenvalue weighted by Crippen LogP contribution is 2.57. The van der Waals surface area contributed by atoms with E-state index in [2.05, 4.69) is 24.3 Å². The Morgan fingerprint density at radius 3 is 3.00 bits per heavy atom. The molecule has 0 saturated heterocycles. The standard InChI is InChI=1S/C11H11Cl/c12-11-9-6-5-7-3-1-2-4-8(7)10(9)11/h1-4,9-11H,5-6H2/t9-,10+,11+/m1/s1. The van der Waals surface area contributed by atoms with Gasteiger partial charge in [-0.2, -0.15) is 0 Å². The Labute approximate surface area is 77.5 Å². The second-order valence-electron chi connectivity index (χ2n) is 3.87. The van der Waals surface area contributed by atoms with Crippen LogP contribution in [-0.4, -0.2) is 5.38 Å². The molecular formula is C11H11Cl. The Bertz CT molecular complexity index is 319. The van der Waals surface area contributed by atoms with E-state index in [4.69, 9.17) is 11.6 Å². The van der Waals surface area contributed by atoms with E-state index >= 15 is 0 Å². The SMILES string of the molecule is Cl[C@H]1[C@@H]2CCc3ccccc3[C@H]12. The summed E-state index contributed by atoms with van der Waals surface area (Å²) in [6, 6.07) is 8.75. The summed E-state index contributed by atoms with van der Waals surface area (Å²) >= 11 is 6.19. The molecule has 0 amide bonds. The van der Waals surface area contributed by atoms with E-state index < -0.39 is 0 Å². The van der Waals surface area contributed by atoms with Crippen LogP contribution in [-0.2, 0) is 6.42 Å². The minimum Gasteiger partial charge on any atom is -0.122 e. The van der Waals surface area contributed by atoms with Gasteiger partial charge in [-0.3, -0.25) is 0 Å². The number of hydrogen-bond acceptors (Lipinski definition) is 0. The molecular weight excluding hydrogens is 168 g/mol. The lowest BCUT2D eigenvalue weighted by atomic mass is 9.92. The number of alkyl halides is 1. The molecule has 0 bridgehead atoms. The summed E-state index contributed by atoms with van der Waals surface area (Å²) in [4.78, 5) is 0. The van der Waals surface area contributed by atoms with E-state index in [1.54, 1.807) is 0 Å². The number of hydrogen-bond donors (Lipinski definition) is 0. The maximum absolute atomic E-state index is 6.19. The van der Waals surface area contributed by atoms with Crippen molar-refractivity contribution in [3.63, 3.8) is 0 Å². The van der Waals surface area contributed by atoms with Gasteiger partial charge in [0.2, 0.25) is 0 Å². The van der Waals surface area contributed by atoms with Crippen LogP contribution in [0.4, 0.5) is 0 Å². The van der Waals surface area contributed by atoms with Crippen molar-refractivity contribution in [2.45, 2.75) is 24.1 Å². The van der Waals surface area contributed by atoms with Gasteiger partial charge < -0.3 is 0 Å². The van der Waals surface area contributed by atoms with E-state index in [0.717, 1.165) is 5.92 Å². The first-order valence-electron chi connectivity index (χ1n) is 4.60. The average Bonchev–Trinajstić information content (AvgIpc) is 2.78. The van der Waals surface area contributed by atoms with Crippen LogP contribution in [0, 0.1) is 5.92 Å². The van der Waals surface area contributed by atoms with Gasteiger partial charge in [-0.1, -0.05) is 24.3 Å². The van der Waals surface area contributed by atoms with Gasteiger partial charge in [-0.05, 0) is 29.9 Å². The van der Waals surface area contributed by atoms with E-state index in [9.17, 15) is 0 Å². The highest BCUT2D eigenvalue weighted by atomic mass is 35.5. The first-order chi connectivity index (χ1) is 5.88. The second-order valence-corrected chi connectivity index (χ2v) is 4.38. The maximum atomic E-state index is 6.19. The zero-order valence-corrected chi connectivity index (χ0v) is 7.59. The molecule has 0 spiro atoms. The average molecular weight is 179 g/mol. The number of halogens is 1. The summed E-state index contributed by atoms with van der Waals surface area (Å²) in [5.74, 6) is 1.48. The Morgan fingerprint density at radius 2 is 2.08 bits per heavy atom. The number of benzene rings is 1. The molecule has 0 nitrogen and oxygen atoms in total. The molecule has 1 heteroatoms. The summed E-state index contributed by atoms with van der Waals surface area (Å²) in [5, 5.41) is 0.439. The van der Waals surface area contributed by atoms with Gasteiger partial charge in [0.1, 0.15) is 0 Å². The molecule has 0 aliphatic heterocycles. The van der Waals surface area contributed by atoms with Crippen LogP contribution >= 0.6 is 11.6 Å². The molecule has 12 heavy (non-hydrogen) atoms. The van der Waals surface area contributed by atoms with Gasteiger partial charge in [0.25, 0.3) is 0 Å². The fourth-order valence-corrected chi connectivity index (χ4v) is 3.00. The zero-order chi connectivity index (χ0) is 8.13. The molecule has 1 aromatic rings. The van der Waals surface area contributed by atoms with E-state index in [0.29, 0.717) is 11.3 Å². The minimum atomic E-state index is 0.439. The van der Waals surface area contributed by atoms with Crippen molar-refractivity contribution in [3.8, 4) is 0 Å². The Balaban J connectivity index is 2.10. The number of rotatable bonds is 0. The summed E-state index contributed by atoms with van der Waals surface area (Å²) < 4.78 is 0. The van der Waals surface area contributed by atoms with Crippen LogP contribution in [0.15, 0.2) is 24.3 Å².